The second kappa shape index (κ2) is 8.02. The molecule has 0 bridgehead atoms. The summed E-state index contributed by atoms with van der Waals surface area (Å²) in [6.45, 7) is 2.10. The first-order chi connectivity index (χ1) is 11.1. The fourth-order valence-electron chi connectivity index (χ4n) is 2.24. The van der Waals surface area contributed by atoms with Crippen LogP contribution in [0.2, 0.25) is 0 Å². The van der Waals surface area contributed by atoms with Crippen molar-refractivity contribution in [3.05, 3.63) is 45.9 Å². The first-order valence-electron chi connectivity index (χ1n) is 7.57. The van der Waals surface area contributed by atoms with Gasteiger partial charge in [0.2, 0.25) is 5.69 Å². The van der Waals surface area contributed by atoms with Crippen LogP contribution in [0.5, 0.6) is 0 Å². The zero-order chi connectivity index (χ0) is 16.7. The molecule has 2 N–H and O–H groups in total. The van der Waals surface area contributed by atoms with Crippen molar-refractivity contribution in [2.45, 2.75) is 39.0 Å². The van der Waals surface area contributed by atoms with Crippen LogP contribution in [0.1, 0.15) is 48.8 Å². The van der Waals surface area contributed by atoms with Crippen molar-refractivity contribution in [3.63, 3.8) is 0 Å². The summed E-state index contributed by atoms with van der Waals surface area (Å²) in [6.07, 6.45) is 5.99. The van der Waals surface area contributed by atoms with Crippen molar-refractivity contribution in [1.82, 2.24) is 15.2 Å². The number of hydrogen-bond acceptors (Lipinski definition) is 5. The zero-order valence-corrected chi connectivity index (χ0v) is 12.9. The van der Waals surface area contributed by atoms with E-state index in [1.165, 1.54) is 6.20 Å². The zero-order valence-electron chi connectivity index (χ0n) is 12.9. The Balaban J connectivity index is 2.13. The highest BCUT2D eigenvalue weighted by Crippen LogP contribution is 2.23. The molecular formula is C15H19N5O3. The summed E-state index contributed by atoms with van der Waals surface area (Å²) in [5.74, 6) is -0.328. The van der Waals surface area contributed by atoms with Gasteiger partial charge in [-0.25, -0.2) is 4.98 Å². The van der Waals surface area contributed by atoms with Gasteiger partial charge >= 0.3 is 5.69 Å². The Hall–Kier alpha value is -2.77. The van der Waals surface area contributed by atoms with Crippen molar-refractivity contribution in [2.24, 2.45) is 0 Å². The van der Waals surface area contributed by atoms with Gasteiger partial charge in [-0.15, -0.1) is 0 Å². The first kappa shape index (κ1) is 16.6. The largest absolute Gasteiger partial charge is 0.322 e. The number of aryl methyl sites for hydroxylation is 1. The Labute approximate surface area is 133 Å². The van der Waals surface area contributed by atoms with Crippen LogP contribution in [0.15, 0.2) is 24.4 Å². The summed E-state index contributed by atoms with van der Waals surface area (Å²) in [7, 11) is 0. The van der Waals surface area contributed by atoms with E-state index in [1.54, 1.807) is 18.2 Å². The van der Waals surface area contributed by atoms with Gasteiger partial charge in [-0.1, -0.05) is 32.3 Å². The molecule has 0 saturated heterocycles. The maximum atomic E-state index is 12.2. The molecule has 0 aromatic carbocycles. The number of pyridine rings is 1. The molecule has 2 heterocycles. The van der Waals surface area contributed by atoms with Gasteiger partial charge in [-0.2, -0.15) is 5.10 Å². The monoisotopic (exact) mass is 317 g/mol. The first-order valence-corrected chi connectivity index (χ1v) is 7.57. The number of nitrogens with zero attached hydrogens (tertiary/aromatic N) is 3. The molecule has 0 radical (unpaired) electrons. The summed E-state index contributed by atoms with van der Waals surface area (Å²) < 4.78 is 0. The van der Waals surface area contributed by atoms with E-state index in [2.05, 4.69) is 27.4 Å². The summed E-state index contributed by atoms with van der Waals surface area (Å²) in [5.41, 5.74) is -0.0849. The van der Waals surface area contributed by atoms with E-state index in [-0.39, 0.29) is 11.4 Å². The second-order valence-corrected chi connectivity index (χ2v) is 5.14. The molecule has 0 atom stereocenters. The fraction of sp³-hybridized carbons (Fsp3) is 0.400. The molecule has 0 fully saturated rings. The highest BCUT2D eigenvalue weighted by Gasteiger charge is 2.28. The number of unbranched alkanes of at least 4 members (excludes halogenated alkanes) is 3. The lowest BCUT2D eigenvalue weighted by Gasteiger charge is -2.01. The third-order valence-electron chi connectivity index (χ3n) is 3.40. The average molecular weight is 317 g/mol. The molecule has 0 aliphatic rings. The van der Waals surface area contributed by atoms with Crippen LogP contribution in [-0.2, 0) is 6.42 Å². The molecule has 2 aromatic heterocycles. The molecule has 0 spiro atoms. The molecule has 2 rings (SSSR count). The van der Waals surface area contributed by atoms with Gasteiger partial charge in [0, 0.05) is 6.20 Å². The van der Waals surface area contributed by atoms with Crippen molar-refractivity contribution in [2.75, 3.05) is 5.32 Å². The standard InChI is InChI=1S/C15H19N5O3/c1-2-3-4-5-8-11-14(20(22)23)13(19-18-11)15(21)17-12-9-6-7-10-16-12/h6-7,9-10H,2-5,8H2,1H3,(H,18,19)(H,16,17,21). The topological polar surface area (TPSA) is 114 Å². The average Bonchev–Trinajstić information content (AvgIpc) is 2.97. The Morgan fingerprint density at radius 1 is 1.35 bits per heavy atom. The molecule has 122 valence electrons. The predicted molar refractivity (Wildman–Crippen MR) is 85.3 cm³/mol. The molecule has 8 heteroatoms. The number of carbonyl (C=O) groups is 1. The minimum atomic E-state index is -0.647. The number of rotatable bonds is 8. The molecule has 0 aliphatic heterocycles. The number of carbonyl (C=O) groups excluding carboxylic acids is 1. The van der Waals surface area contributed by atoms with Gasteiger partial charge in [0.25, 0.3) is 5.91 Å². The van der Waals surface area contributed by atoms with Crippen molar-refractivity contribution in [3.8, 4) is 0 Å². The molecule has 23 heavy (non-hydrogen) atoms. The number of aromatic nitrogens is 3. The van der Waals surface area contributed by atoms with Crippen molar-refractivity contribution >= 4 is 17.4 Å². The summed E-state index contributed by atoms with van der Waals surface area (Å²) in [5, 5.41) is 20.3. The lowest BCUT2D eigenvalue weighted by Crippen LogP contribution is -2.15. The van der Waals surface area contributed by atoms with Crippen LogP contribution >= 0.6 is 0 Å². The number of aromatic amines is 1. The number of anilines is 1. The van der Waals surface area contributed by atoms with Gasteiger partial charge in [0.05, 0.1) is 4.92 Å². The summed E-state index contributed by atoms with van der Waals surface area (Å²) in [6, 6.07) is 5.02. The molecule has 2 aromatic rings. The number of H-pyrrole nitrogens is 1. The molecule has 0 unspecified atom stereocenters. The highest BCUT2D eigenvalue weighted by molar-refractivity contribution is 6.05. The van der Waals surface area contributed by atoms with E-state index in [0.29, 0.717) is 17.9 Å². The predicted octanol–water partition coefficient (Wildman–Crippen LogP) is 3.09. The van der Waals surface area contributed by atoms with Gasteiger partial charge in [-0.3, -0.25) is 20.0 Å². The van der Waals surface area contributed by atoms with E-state index in [9.17, 15) is 14.9 Å². The van der Waals surface area contributed by atoms with Gasteiger partial charge in [0.15, 0.2) is 0 Å². The van der Waals surface area contributed by atoms with Crippen LogP contribution in [-0.4, -0.2) is 26.0 Å². The van der Waals surface area contributed by atoms with Crippen molar-refractivity contribution < 1.29 is 9.72 Å². The quantitative estimate of drug-likeness (QED) is 0.441. The van der Waals surface area contributed by atoms with Crippen LogP contribution in [0, 0.1) is 10.1 Å². The maximum Gasteiger partial charge on any atom is 0.322 e. The minimum Gasteiger partial charge on any atom is -0.305 e. The summed E-state index contributed by atoms with van der Waals surface area (Å²) >= 11 is 0. The number of amides is 1. The Morgan fingerprint density at radius 2 is 2.17 bits per heavy atom. The Bertz CT molecular complexity index is 669. The molecule has 0 aliphatic carbocycles. The highest BCUT2D eigenvalue weighted by atomic mass is 16.6. The second-order valence-electron chi connectivity index (χ2n) is 5.14. The lowest BCUT2D eigenvalue weighted by atomic mass is 10.1. The smallest absolute Gasteiger partial charge is 0.305 e. The third-order valence-corrected chi connectivity index (χ3v) is 3.40. The van der Waals surface area contributed by atoms with E-state index in [0.717, 1.165) is 25.7 Å². The van der Waals surface area contributed by atoms with Crippen LogP contribution < -0.4 is 5.32 Å². The van der Waals surface area contributed by atoms with Gasteiger partial charge in [0.1, 0.15) is 11.5 Å². The number of nitrogens with one attached hydrogen (secondary N) is 2. The molecular weight excluding hydrogens is 298 g/mol. The Kier molecular flexibility index (Phi) is 5.79. The van der Waals surface area contributed by atoms with E-state index in [4.69, 9.17) is 0 Å². The molecule has 0 saturated carbocycles. The maximum absolute atomic E-state index is 12.2. The van der Waals surface area contributed by atoms with Gasteiger partial charge < -0.3 is 5.32 Å². The van der Waals surface area contributed by atoms with Crippen molar-refractivity contribution in [1.29, 1.82) is 0 Å². The Morgan fingerprint density at radius 3 is 2.83 bits per heavy atom. The SMILES string of the molecule is CCCCCCc1[nH]nc(C(=O)Nc2ccccn2)c1[N+](=O)[O-]. The van der Waals surface area contributed by atoms with Crippen LogP contribution in [0.25, 0.3) is 0 Å². The van der Waals surface area contributed by atoms with Crippen LogP contribution in [0.3, 0.4) is 0 Å². The van der Waals surface area contributed by atoms with Gasteiger partial charge in [-0.05, 0) is 25.0 Å². The lowest BCUT2D eigenvalue weighted by molar-refractivity contribution is -0.385. The molecule has 8 nitrogen and oxygen atoms in total. The van der Waals surface area contributed by atoms with E-state index < -0.39 is 10.8 Å². The summed E-state index contributed by atoms with van der Waals surface area (Å²) in [4.78, 5) is 26.9. The number of nitro groups is 1. The minimum absolute atomic E-state index is 0.217. The molecule has 1 amide bonds. The fourth-order valence-corrected chi connectivity index (χ4v) is 2.24. The third kappa shape index (κ3) is 4.35. The normalized spacial score (nSPS) is 10.5. The number of hydrogen-bond donors (Lipinski definition) is 2. The van der Waals surface area contributed by atoms with E-state index >= 15 is 0 Å². The van der Waals surface area contributed by atoms with E-state index in [1.807, 2.05) is 0 Å². The van der Waals surface area contributed by atoms with Crippen LogP contribution in [0.4, 0.5) is 11.5 Å².